The Bertz CT molecular complexity index is 467. The molecule has 24 heavy (non-hydrogen) atoms. The molecule has 3 nitrogen and oxygen atoms in total. The van der Waals surface area contributed by atoms with Gasteiger partial charge in [0, 0.05) is 0 Å². The second kappa shape index (κ2) is 5.30. The summed E-state index contributed by atoms with van der Waals surface area (Å²) in [6, 6.07) is -13.0. The first-order valence-corrected chi connectivity index (χ1v) is 6.23. The minimum absolute atomic E-state index is 0.340. The predicted molar refractivity (Wildman–Crippen MR) is 51.2 cm³/mol. The normalized spacial score (nSPS) is 30.1. The summed E-state index contributed by atoms with van der Waals surface area (Å²) in [5.74, 6) is -0.531. The molecule has 1 unspecified atom stereocenters. The SMILES string of the molecule is FC(N1C(F)(F)C(F)(F)OC(F)(F)C1(F)F)C(F)(F)OCC1CC1. The lowest BCUT2D eigenvalue weighted by molar-refractivity contribution is -0.578. The smallest absolute Gasteiger partial charge is 0.317 e. The second-order valence-electron chi connectivity index (χ2n) is 5.24. The highest BCUT2D eigenvalue weighted by atomic mass is 19.4. The highest BCUT2D eigenvalue weighted by molar-refractivity contribution is 4.97. The Morgan fingerprint density at radius 3 is 1.75 bits per heavy atom. The minimum Gasteiger partial charge on any atom is -0.317 e. The van der Waals surface area contributed by atoms with Crippen molar-refractivity contribution < 1.29 is 57.8 Å². The van der Waals surface area contributed by atoms with Gasteiger partial charge in [0.1, 0.15) is 0 Å². The Morgan fingerprint density at radius 2 is 1.38 bits per heavy atom. The third-order valence-corrected chi connectivity index (χ3v) is 3.27. The van der Waals surface area contributed by atoms with E-state index in [0.29, 0.717) is 12.8 Å². The fraction of sp³-hybridized carbons (Fsp3) is 1.00. The van der Waals surface area contributed by atoms with Crippen molar-refractivity contribution in [2.45, 2.75) is 49.6 Å². The second-order valence-corrected chi connectivity index (χ2v) is 5.24. The van der Waals surface area contributed by atoms with Crippen LogP contribution >= 0.6 is 0 Å². The van der Waals surface area contributed by atoms with Gasteiger partial charge in [0.2, 0.25) is 0 Å². The number of nitrogens with zero attached hydrogens (tertiary/aromatic N) is 1. The number of hydrogen-bond donors (Lipinski definition) is 0. The Morgan fingerprint density at radius 1 is 0.958 bits per heavy atom. The van der Waals surface area contributed by atoms with Crippen LogP contribution in [0.2, 0.25) is 0 Å². The summed E-state index contributed by atoms with van der Waals surface area (Å²) < 4.78 is 150. The number of alkyl halides is 11. The molecule has 1 atom stereocenters. The van der Waals surface area contributed by atoms with Crippen molar-refractivity contribution in [2.24, 2.45) is 5.92 Å². The lowest BCUT2D eigenvalue weighted by atomic mass is 10.2. The van der Waals surface area contributed by atoms with Crippen molar-refractivity contribution in [3.05, 3.63) is 0 Å². The standard InChI is InChI=1S/C10H8F11NO2/c11-5(6(12,13)23-3-4-1-2-4)22-7(14,15)9(18,19)24-10(20,21)8(22,16)17/h4-5H,1-3H2. The number of rotatable bonds is 5. The van der Waals surface area contributed by atoms with E-state index in [2.05, 4.69) is 4.74 Å². The summed E-state index contributed by atoms with van der Waals surface area (Å²) in [7, 11) is 0. The maximum atomic E-state index is 13.6. The van der Waals surface area contributed by atoms with Crippen molar-refractivity contribution in [3.8, 4) is 0 Å². The largest absolute Gasteiger partial charge is 0.439 e. The molecule has 0 aromatic rings. The average Bonchev–Trinajstić information content (AvgIpc) is 3.16. The fourth-order valence-electron chi connectivity index (χ4n) is 1.76. The van der Waals surface area contributed by atoms with Gasteiger partial charge in [-0.3, -0.25) is 0 Å². The first-order chi connectivity index (χ1) is 10.6. The van der Waals surface area contributed by atoms with Crippen molar-refractivity contribution in [2.75, 3.05) is 6.61 Å². The Hall–Kier alpha value is -0.890. The molecule has 0 amide bonds. The van der Waals surface area contributed by atoms with Gasteiger partial charge in [-0.05, 0) is 18.8 Å². The van der Waals surface area contributed by atoms with E-state index in [0.717, 1.165) is 0 Å². The van der Waals surface area contributed by atoms with Crippen LogP contribution in [0.25, 0.3) is 0 Å². The Balaban J connectivity index is 2.37. The van der Waals surface area contributed by atoms with Crippen molar-refractivity contribution >= 4 is 0 Å². The van der Waals surface area contributed by atoms with Crippen LogP contribution in [-0.4, -0.2) is 48.2 Å². The Labute approximate surface area is 126 Å². The summed E-state index contributed by atoms with van der Waals surface area (Å²) in [5.41, 5.74) is 0. The minimum atomic E-state index is -6.52. The number of halogens is 11. The van der Waals surface area contributed by atoms with E-state index in [-0.39, 0.29) is 0 Å². The van der Waals surface area contributed by atoms with E-state index >= 15 is 0 Å². The molecule has 2 aliphatic rings. The van der Waals surface area contributed by atoms with Crippen LogP contribution in [0.15, 0.2) is 0 Å². The molecule has 2 fully saturated rings. The first kappa shape index (κ1) is 19.4. The molecule has 0 bridgehead atoms. The van der Waals surface area contributed by atoms with Crippen LogP contribution in [0.4, 0.5) is 48.3 Å². The third-order valence-electron chi connectivity index (χ3n) is 3.27. The lowest BCUT2D eigenvalue weighted by Crippen LogP contribution is -2.77. The molecule has 14 heteroatoms. The third kappa shape index (κ3) is 2.92. The van der Waals surface area contributed by atoms with Crippen LogP contribution in [0.3, 0.4) is 0 Å². The molecule has 142 valence electrons. The lowest BCUT2D eigenvalue weighted by Gasteiger charge is -2.48. The molecule has 0 aromatic heterocycles. The molecule has 1 saturated heterocycles. The fourth-order valence-corrected chi connectivity index (χ4v) is 1.76. The van der Waals surface area contributed by atoms with Gasteiger partial charge in [-0.25, -0.2) is 9.13 Å². The molecule has 1 aliphatic carbocycles. The summed E-state index contributed by atoms with van der Waals surface area (Å²) in [5, 5.41) is 0. The molecule has 2 rings (SSSR count). The van der Waals surface area contributed by atoms with Crippen LogP contribution < -0.4 is 0 Å². The zero-order valence-electron chi connectivity index (χ0n) is 11.2. The monoisotopic (exact) mass is 383 g/mol. The predicted octanol–water partition coefficient (Wildman–Crippen LogP) is 4.00. The van der Waals surface area contributed by atoms with Crippen LogP contribution in [0.1, 0.15) is 12.8 Å². The summed E-state index contributed by atoms with van der Waals surface area (Å²) in [6.45, 7) is -0.957. The topological polar surface area (TPSA) is 21.7 Å². The van der Waals surface area contributed by atoms with Crippen LogP contribution in [-0.2, 0) is 9.47 Å². The quantitative estimate of drug-likeness (QED) is 0.529. The molecule has 0 N–H and O–H groups in total. The van der Waals surface area contributed by atoms with E-state index < -0.39 is 54.1 Å². The van der Waals surface area contributed by atoms with Crippen molar-refractivity contribution in [1.82, 2.24) is 4.90 Å². The van der Waals surface area contributed by atoms with Gasteiger partial charge in [-0.2, -0.15) is 43.9 Å². The zero-order valence-corrected chi connectivity index (χ0v) is 11.2. The van der Waals surface area contributed by atoms with Crippen LogP contribution in [0, 0.1) is 5.92 Å². The van der Waals surface area contributed by atoms with Gasteiger partial charge in [-0.15, -0.1) is 4.90 Å². The van der Waals surface area contributed by atoms with E-state index in [4.69, 9.17) is 0 Å². The molecule has 1 aliphatic heterocycles. The molecule has 1 heterocycles. The molecule has 0 radical (unpaired) electrons. The van der Waals surface area contributed by atoms with Gasteiger partial charge >= 0.3 is 30.4 Å². The molecular weight excluding hydrogens is 375 g/mol. The van der Waals surface area contributed by atoms with E-state index in [1.54, 1.807) is 0 Å². The van der Waals surface area contributed by atoms with E-state index in [1.807, 2.05) is 4.74 Å². The van der Waals surface area contributed by atoms with E-state index in [1.165, 1.54) is 0 Å². The number of hydrogen-bond acceptors (Lipinski definition) is 3. The van der Waals surface area contributed by atoms with Gasteiger partial charge < -0.3 is 4.74 Å². The van der Waals surface area contributed by atoms with Gasteiger partial charge in [0.05, 0.1) is 6.61 Å². The van der Waals surface area contributed by atoms with Crippen LogP contribution in [0.5, 0.6) is 0 Å². The molecule has 1 saturated carbocycles. The maximum absolute atomic E-state index is 13.6. The van der Waals surface area contributed by atoms with E-state index in [9.17, 15) is 48.3 Å². The van der Waals surface area contributed by atoms with Crippen molar-refractivity contribution in [3.63, 3.8) is 0 Å². The summed E-state index contributed by atoms with van der Waals surface area (Å²) in [6.07, 6.45) is -22.6. The van der Waals surface area contributed by atoms with Crippen molar-refractivity contribution in [1.29, 1.82) is 0 Å². The number of morpholine rings is 1. The zero-order chi connectivity index (χ0) is 18.8. The molecule has 0 aromatic carbocycles. The molecule has 0 spiro atoms. The van der Waals surface area contributed by atoms with Gasteiger partial charge in [0.25, 0.3) is 6.30 Å². The first-order valence-electron chi connectivity index (χ1n) is 6.23. The summed E-state index contributed by atoms with van der Waals surface area (Å²) >= 11 is 0. The highest BCUT2D eigenvalue weighted by Gasteiger charge is 2.85. The van der Waals surface area contributed by atoms with Gasteiger partial charge in [-0.1, -0.05) is 0 Å². The Kier molecular flexibility index (Phi) is 4.29. The number of ether oxygens (including phenoxy) is 2. The highest BCUT2D eigenvalue weighted by Crippen LogP contribution is 2.57. The average molecular weight is 383 g/mol. The summed E-state index contributed by atoms with van der Waals surface area (Å²) in [4.78, 5) is -2.92. The van der Waals surface area contributed by atoms with Gasteiger partial charge in [0.15, 0.2) is 0 Å². The maximum Gasteiger partial charge on any atom is 0.439 e. The molecular formula is C10H8F11NO2.